The van der Waals surface area contributed by atoms with E-state index in [-0.39, 0.29) is 11.7 Å². The van der Waals surface area contributed by atoms with Crippen LogP contribution in [0.2, 0.25) is 0 Å². The highest BCUT2D eigenvalue weighted by Crippen LogP contribution is 2.31. The maximum absolute atomic E-state index is 14.2. The fourth-order valence-corrected chi connectivity index (χ4v) is 2.94. The molecule has 4 heteroatoms. The van der Waals surface area contributed by atoms with Crippen LogP contribution in [-0.4, -0.2) is 17.7 Å². The van der Waals surface area contributed by atoms with Gasteiger partial charge in [-0.3, -0.25) is 0 Å². The molecule has 0 saturated carbocycles. The maximum atomic E-state index is 14.2. The normalized spacial score (nSPS) is 11.3. The van der Waals surface area contributed by atoms with E-state index in [4.69, 9.17) is 4.74 Å². The van der Waals surface area contributed by atoms with Gasteiger partial charge in [-0.15, -0.1) is 0 Å². The highest BCUT2D eigenvalue weighted by Gasteiger charge is 2.17. The van der Waals surface area contributed by atoms with Gasteiger partial charge in [-0.2, -0.15) is 0 Å². The van der Waals surface area contributed by atoms with E-state index >= 15 is 0 Å². The Kier molecular flexibility index (Phi) is 9.55. The van der Waals surface area contributed by atoms with Gasteiger partial charge in [0.25, 0.3) is 0 Å². The first-order chi connectivity index (χ1) is 13.0. The smallest absolute Gasteiger partial charge is 0.335 e. The third-order valence-corrected chi connectivity index (χ3v) is 4.26. The van der Waals surface area contributed by atoms with Crippen LogP contribution in [-0.2, 0) is 0 Å². The number of rotatable bonds is 8. The van der Waals surface area contributed by atoms with Crippen molar-refractivity contribution < 1.29 is 19.0 Å². The fraction of sp³-hybridized carbons (Fsp3) is 0.435. The second-order valence-electron chi connectivity index (χ2n) is 6.29. The molecule has 0 aliphatic heterocycles. The number of carboxylic acid groups (broad SMARTS) is 1. The van der Waals surface area contributed by atoms with E-state index in [9.17, 15) is 14.3 Å². The van der Waals surface area contributed by atoms with Crippen LogP contribution >= 0.6 is 0 Å². The van der Waals surface area contributed by atoms with Gasteiger partial charge in [0.2, 0.25) is 0 Å². The molecule has 27 heavy (non-hydrogen) atoms. The van der Waals surface area contributed by atoms with E-state index in [0.717, 1.165) is 30.4 Å². The summed E-state index contributed by atoms with van der Waals surface area (Å²) < 4.78 is 19.6. The van der Waals surface area contributed by atoms with E-state index in [1.807, 2.05) is 33.8 Å². The lowest BCUT2D eigenvalue weighted by Crippen LogP contribution is -2.06. The molecular weight excluding hydrogens is 343 g/mol. The predicted octanol–water partition coefficient (Wildman–Crippen LogP) is 6.91. The molecule has 0 spiro atoms. The lowest BCUT2D eigenvalue weighted by Gasteiger charge is -2.16. The number of carboxylic acids is 1. The highest BCUT2D eigenvalue weighted by molar-refractivity contribution is 5.90. The van der Waals surface area contributed by atoms with Crippen LogP contribution in [0, 0.1) is 5.82 Å². The molecule has 3 nitrogen and oxygen atoms in total. The van der Waals surface area contributed by atoms with Crippen molar-refractivity contribution in [3.05, 3.63) is 53.3 Å². The van der Waals surface area contributed by atoms with Gasteiger partial charge in [0.1, 0.15) is 0 Å². The van der Waals surface area contributed by atoms with Crippen LogP contribution in [0.4, 0.5) is 4.39 Å². The Hall–Kier alpha value is -2.36. The van der Waals surface area contributed by atoms with Gasteiger partial charge in [0.05, 0.1) is 12.2 Å². The zero-order chi connectivity index (χ0) is 20.4. The summed E-state index contributed by atoms with van der Waals surface area (Å²) in [6.07, 6.45) is 2.70. The van der Waals surface area contributed by atoms with Gasteiger partial charge < -0.3 is 9.84 Å². The third kappa shape index (κ3) is 6.09. The number of halogens is 1. The van der Waals surface area contributed by atoms with Crippen LogP contribution in [0.3, 0.4) is 0 Å². The zero-order valence-corrected chi connectivity index (χ0v) is 17.0. The molecule has 1 N–H and O–H groups in total. The summed E-state index contributed by atoms with van der Waals surface area (Å²) in [4.78, 5) is 11.5. The van der Waals surface area contributed by atoms with Crippen LogP contribution < -0.4 is 4.74 Å². The minimum atomic E-state index is -0.931. The molecule has 0 radical (unpaired) electrons. The van der Waals surface area contributed by atoms with E-state index in [2.05, 4.69) is 6.92 Å². The second-order valence-corrected chi connectivity index (χ2v) is 6.29. The first-order valence-electron chi connectivity index (χ1n) is 9.77. The summed E-state index contributed by atoms with van der Waals surface area (Å²) in [5, 5.41) is 9.43. The molecule has 0 amide bonds. The largest absolute Gasteiger partial charge is 0.491 e. The number of hydrogen-bond donors (Lipinski definition) is 1. The molecule has 0 fully saturated rings. The molecule has 1 atom stereocenters. The van der Waals surface area contributed by atoms with Crippen LogP contribution in [0.15, 0.2) is 36.4 Å². The van der Waals surface area contributed by atoms with Crippen molar-refractivity contribution in [2.24, 2.45) is 0 Å². The summed E-state index contributed by atoms with van der Waals surface area (Å²) in [7, 11) is 0. The summed E-state index contributed by atoms with van der Waals surface area (Å²) in [6, 6.07) is 10.1. The van der Waals surface area contributed by atoms with Crippen molar-refractivity contribution in [3.63, 3.8) is 0 Å². The molecule has 1 unspecified atom stereocenters. The molecule has 0 aliphatic rings. The topological polar surface area (TPSA) is 46.5 Å². The van der Waals surface area contributed by atoms with Crippen LogP contribution in [0.25, 0.3) is 11.1 Å². The van der Waals surface area contributed by atoms with Gasteiger partial charge in [-0.05, 0) is 53.6 Å². The van der Waals surface area contributed by atoms with Crippen molar-refractivity contribution in [1.29, 1.82) is 0 Å². The van der Waals surface area contributed by atoms with E-state index < -0.39 is 11.8 Å². The third-order valence-electron chi connectivity index (χ3n) is 4.26. The molecule has 2 rings (SSSR count). The first kappa shape index (κ1) is 22.7. The molecule has 2 aromatic rings. The standard InChI is InChI=1S/C21H25FO3.C2H6/c1-4-6-14(3)18-12-15(7-9-17(18)21(23)24)16-8-10-20(19(22)13-16)25-11-5-2;1-2/h7-10,12-14H,4-6,11H2,1-3H3,(H,23,24);1-2H3. The molecule has 0 saturated heterocycles. The molecule has 2 aromatic carbocycles. The Morgan fingerprint density at radius 1 is 1.07 bits per heavy atom. The summed E-state index contributed by atoms with van der Waals surface area (Å²) >= 11 is 0. The average molecular weight is 374 g/mol. The summed E-state index contributed by atoms with van der Waals surface area (Å²) in [5.74, 6) is -0.962. The number of ether oxygens (including phenoxy) is 1. The summed E-state index contributed by atoms with van der Waals surface area (Å²) in [5.41, 5.74) is 2.62. The minimum absolute atomic E-state index is 0.132. The van der Waals surface area contributed by atoms with Gasteiger partial charge in [-0.1, -0.05) is 59.2 Å². The molecule has 148 valence electrons. The Balaban J connectivity index is 0.00000176. The van der Waals surface area contributed by atoms with Gasteiger partial charge in [-0.25, -0.2) is 9.18 Å². The number of aromatic carboxylic acids is 1. The first-order valence-corrected chi connectivity index (χ1v) is 9.77. The Labute approximate surface area is 162 Å². The van der Waals surface area contributed by atoms with Gasteiger partial charge in [0.15, 0.2) is 11.6 Å². The van der Waals surface area contributed by atoms with Crippen molar-refractivity contribution >= 4 is 5.97 Å². The SMILES string of the molecule is CC.CCCOc1ccc(-c2ccc(C(=O)O)c(C(C)CCC)c2)cc1F. The van der Waals surface area contributed by atoms with Crippen molar-refractivity contribution in [2.45, 2.75) is 59.8 Å². The van der Waals surface area contributed by atoms with Crippen molar-refractivity contribution in [3.8, 4) is 16.9 Å². The van der Waals surface area contributed by atoms with Crippen LogP contribution in [0.5, 0.6) is 5.75 Å². The molecule has 0 bridgehead atoms. The van der Waals surface area contributed by atoms with E-state index in [1.54, 1.807) is 24.3 Å². The molecule has 0 aromatic heterocycles. The number of carbonyl (C=O) groups is 1. The number of hydrogen-bond acceptors (Lipinski definition) is 2. The van der Waals surface area contributed by atoms with Gasteiger partial charge in [0, 0.05) is 0 Å². The van der Waals surface area contributed by atoms with Crippen molar-refractivity contribution in [2.75, 3.05) is 6.61 Å². The van der Waals surface area contributed by atoms with E-state index in [0.29, 0.717) is 17.7 Å². The molecule has 0 heterocycles. The Morgan fingerprint density at radius 2 is 1.70 bits per heavy atom. The highest BCUT2D eigenvalue weighted by atomic mass is 19.1. The number of benzene rings is 2. The van der Waals surface area contributed by atoms with Crippen LogP contribution in [0.1, 0.15) is 75.7 Å². The monoisotopic (exact) mass is 374 g/mol. The lowest BCUT2D eigenvalue weighted by molar-refractivity contribution is 0.0695. The molecular formula is C23H31FO3. The fourth-order valence-electron chi connectivity index (χ4n) is 2.94. The minimum Gasteiger partial charge on any atom is -0.491 e. The Bertz CT molecular complexity index is 740. The zero-order valence-electron chi connectivity index (χ0n) is 17.0. The Morgan fingerprint density at radius 3 is 2.26 bits per heavy atom. The van der Waals surface area contributed by atoms with Crippen molar-refractivity contribution in [1.82, 2.24) is 0 Å². The lowest BCUT2D eigenvalue weighted by atomic mass is 9.89. The summed E-state index contributed by atoms with van der Waals surface area (Å²) in [6.45, 7) is 10.5. The predicted molar refractivity (Wildman–Crippen MR) is 109 cm³/mol. The van der Waals surface area contributed by atoms with E-state index in [1.165, 1.54) is 6.07 Å². The maximum Gasteiger partial charge on any atom is 0.335 e. The molecule has 0 aliphatic carbocycles. The van der Waals surface area contributed by atoms with Gasteiger partial charge >= 0.3 is 5.97 Å². The average Bonchev–Trinajstić information content (AvgIpc) is 2.68. The quantitative estimate of drug-likeness (QED) is 0.546. The second kappa shape index (κ2) is 11.4.